The minimum Gasteiger partial charge on any atom is -0.396 e. The molecule has 1 aromatic carbocycles. The molecule has 0 saturated carbocycles. The van der Waals surface area contributed by atoms with Crippen molar-refractivity contribution in [1.29, 1.82) is 0 Å². The van der Waals surface area contributed by atoms with Gasteiger partial charge in [0.1, 0.15) is 0 Å². The third-order valence-corrected chi connectivity index (χ3v) is 4.83. The number of aliphatic hydroxyl groups excluding tert-OH is 1. The van der Waals surface area contributed by atoms with Crippen molar-refractivity contribution in [3.05, 3.63) is 42.2 Å². The van der Waals surface area contributed by atoms with E-state index >= 15 is 0 Å². The summed E-state index contributed by atoms with van der Waals surface area (Å²) in [5.41, 5.74) is 2.13. The lowest BCUT2D eigenvalue weighted by Gasteiger charge is -2.23. The number of aryl methyl sites for hydroxylation is 1. The molecule has 0 aliphatic heterocycles. The summed E-state index contributed by atoms with van der Waals surface area (Å²) in [4.78, 5) is 16.4. The Balaban J connectivity index is 1.93. The van der Waals surface area contributed by atoms with E-state index in [9.17, 15) is 4.79 Å². The Morgan fingerprint density at radius 2 is 2.12 bits per heavy atom. The summed E-state index contributed by atoms with van der Waals surface area (Å²) in [6.07, 6.45) is 4.32. The number of carbonyl (C=O) groups excluding carboxylic acids is 1. The molecule has 2 aromatic rings. The molecule has 0 radical (unpaired) electrons. The second kappa shape index (κ2) is 8.35. The van der Waals surface area contributed by atoms with Gasteiger partial charge in [-0.3, -0.25) is 9.36 Å². The fourth-order valence-electron chi connectivity index (χ4n) is 2.32. The topological polar surface area (TPSA) is 67.2 Å². The first-order valence-corrected chi connectivity index (χ1v) is 9.01. The Hall–Kier alpha value is -1.79. The van der Waals surface area contributed by atoms with Crippen LogP contribution in [0.4, 0.5) is 0 Å². The Bertz CT molecular complexity index is 682. The van der Waals surface area contributed by atoms with Crippen molar-refractivity contribution < 1.29 is 9.90 Å². The van der Waals surface area contributed by atoms with Crippen LogP contribution in [0.1, 0.15) is 25.8 Å². The van der Waals surface area contributed by atoms with Gasteiger partial charge in [-0.25, -0.2) is 4.98 Å². The van der Waals surface area contributed by atoms with Gasteiger partial charge in [0.2, 0.25) is 5.91 Å². The van der Waals surface area contributed by atoms with Crippen molar-refractivity contribution in [2.45, 2.75) is 32.3 Å². The van der Waals surface area contributed by atoms with Crippen molar-refractivity contribution in [2.75, 3.05) is 18.9 Å². The molecular weight excluding hydrogens is 322 g/mol. The lowest BCUT2D eigenvalue weighted by atomic mass is 9.90. The highest BCUT2D eigenvalue weighted by molar-refractivity contribution is 7.99. The van der Waals surface area contributed by atoms with Gasteiger partial charge in [-0.1, -0.05) is 43.8 Å². The van der Waals surface area contributed by atoms with Crippen LogP contribution in [-0.4, -0.2) is 39.5 Å². The number of carbonyl (C=O) groups is 1. The van der Waals surface area contributed by atoms with Gasteiger partial charge in [0, 0.05) is 25.5 Å². The zero-order valence-corrected chi connectivity index (χ0v) is 15.3. The van der Waals surface area contributed by atoms with E-state index in [2.05, 4.69) is 23.3 Å². The predicted octanol–water partition coefficient (Wildman–Crippen LogP) is 2.80. The SMILES string of the molecule is Cc1ccccc1-n1ccnc1SCC(=O)NCC(C)(C)CCO. The van der Waals surface area contributed by atoms with Crippen molar-refractivity contribution in [3.8, 4) is 5.69 Å². The number of aliphatic hydroxyl groups is 1. The zero-order chi connectivity index (χ0) is 17.6. The van der Waals surface area contributed by atoms with Gasteiger partial charge in [0.05, 0.1) is 11.4 Å². The van der Waals surface area contributed by atoms with Crippen molar-refractivity contribution in [2.24, 2.45) is 5.41 Å². The predicted molar refractivity (Wildman–Crippen MR) is 97.5 cm³/mol. The van der Waals surface area contributed by atoms with E-state index in [4.69, 9.17) is 5.11 Å². The molecule has 24 heavy (non-hydrogen) atoms. The number of rotatable bonds is 8. The first-order chi connectivity index (χ1) is 11.4. The highest BCUT2D eigenvalue weighted by Gasteiger charge is 2.18. The van der Waals surface area contributed by atoms with Crippen LogP contribution in [-0.2, 0) is 4.79 Å². The Morgan fingerprint density at radius 1 is 1.38 bits per heavy atom. The molecule has 1 amide bonds. The molecule has 130 valence electrons. The van der Waals surface area contributed by atoms with Crippen LogP contribution in [0.5, 0.6) is 0 Å². The molecule has 2 N–H and O–H groups in total. The summed E-state index contributed by atoms with van der Waals surface area (Å²) in [6.45, 7) is 6.80. The van der Waals surface area contributed by atoms with Gasteiger partial charge in [-0.05, 0) is 30.4 Å². The number of benzene rings is 1. The highest BCUT2D eigenvalue weighted by atomic mass is 32.2. The average Bonchev–Trinajstić information content (AvgIpc) is 3.00. The van der Waals surface area contributed by atoms with E-state index in [1.54, 1.807) is 6.20 Å². The van der Waals surface area contributed by atoms with Gasteiger partial charge >= 0.3 is 0 Å². The number of thioether (sulfide) groups is 1. The second-order valence-electron chi connectivity index (χ2n) is 6.57. The summed E-state index contributed by atoms with van der Waals surface area (Å²) in [5, 5.41) is 12.8. The van der Waals surface area contributed by atoms with Crippen LogP contribution in [0, 0.1) is 12.3 Å². The van der Waals surface area contributed by atoms with Crippen LogP contribution in [0.2, 0.25) is 0 Å². The molecule has 1 heterocycles. The van der Waals surface area contributed by atoms with Crippen LogP contribution in [0.25, 0.3) is 5.69 Å². The first-order valence-electron chi connectivity index (χ1n) is 8.03. The first kappa shape index (κ1) is 18.5. The fraction of sp³-hybridized carbons (Fsp3) is 0.444. The smallest absolute Gasteiger partial charge is 0.230 e. The van der Waals surface area contributed by atoms with Gasteiger partial charge in [0.25, 0.3) is 0 Å². The van der Waals surface area contributed by atoms with Crippen LogP contribution >= 0.6 is 11.8 Å². The number of amides is 1. The molecule has 5 nitrogen and oxygen atoms in total. The molecule has 0 atom stereocenters. The number of imidazole rings is 1. The third-order valence-electron chi connectivity index (χ3n) is 3.87. The Labute approximate surface area is 147 Å². The van der Waals surface area contributed by atoms with Crippen LogP contribution < -0.4 is 5.32 Å². The standard InChI is InChI=1S/C18H25N3O2S/c1-14-6-4-5-7-15(14)21-10-9-19-17(21)24-12-16(23)20-13-18(2,3)8-11-22/h4-7,9-10,22H,8,11-13H2,1-3H3,(H,20,23). The maximum Gasteiger partial charge on any atom is 0.230 e. The maximum atomic E-state index is 12.1. The molecule has 0 aliphatic carbocycles. The minimum atomic E-state index is -0.102. The zero-order valence-electron chi connectivity index (χ0n) is 14.5. The lowest BCUT2D eigenvalue weighted by Crippen LogP contribution is -2.35. The number of hydrogen-bond acceptors (Lipinski definition) is 4. The Morgan fingerprint density at radius 3 is 2.83 bits per heavy atom. The monoisotopic (exact) mass is 347 g/mol. The average molecular weight is 347 g/mol. The minimum absolute atomic E-state index is 0.0228. The number of nitrogens with one attached hydrogen (secondary N) is 1. The van der Waals surface area contributed by atoms with E-state index in [1.807, 2.05) is 42.8 Å². The normalized spacial score (nSPS) is 11.5. The van der Waals surface area contributed by atoms with Crippen LogP contribution in [0.3, 0.4) is 0 Å². The van der Waals surface area contributed by atoms with Crippen molar-refractivity contribution in [1.82, 2.24) is 14.9 Å². The van der Waals surface area contributed by atoms with Gasteiger partial charge < -0.3 is 10.4 Å². The molecule has 0 bridgehead atoms. The lowest BCUT2D eigenvalue weighted by molar-refractivity contribution is -0.119. The highest BCUT2D eigenvalue weighted by Crippen LogP contribution is 2.23. The van der Waals surface area contributed by atoms with Gasteiger partial charge in [-0.2, -0.15) is 0 Å². The maximum absolute atomic E-state index is 12.1. The van der Waals surface area contributed by atoms with E-state index in [0.717, 1.165) is 16.4 Å². The molecule has 2 rings (SSSR count). The quantitative estimate of drug-likeness (QED) is 0.721. The summed E-state index contributed by atoms with van der Waals surface area (Å²) in [7, 11) is 0. The largest absolute Gasteiger partial charge is 0.396 e. The number of para-hydroxylation sites is 1. The summed E-state index contributed by atoms with van der Waals surface area (Å²) >= 11 is 1.42. The Kier molecular flexibility index (Phi) is 6.45. The molecule has 0 aliphatic rings. The van der Waals surface area contributed by atoms with E-state index in [0.29, 0.717) is 18.7 Å². The molecule has 0 saturated heterocycles. The molecule has 1 aromatic heterocycles. The second-order valence-corrected chi connectivity index (χ2v) is 7.51. The van der Waals surface area contributed by atoms with E-state index in [1.165, 1.54) is 11.8 Å². The van der Waals surface area contributed by atoms with Gasteiger partial charge in [-0.15, -0.1) is 0 Å². The van der Waals surface area contributed by atoms with Crippen molar-refractivity contribution >= 4 is 17.7 Å². The molecule has 0 spiro atoms. The molecule has 0 unspecified atom stereocenters. The number of hydrogen-bond donors (Lipinski definition) is 2. The van der Waals surface area contributed by atoms with Crippen molar-refractivity contribution in [3.63, 3.8) is 0 Å². The number of nitrogens with zero attached hydrogens (tertiary/aromatic N) is 2. The van der Waals surface area contributed by atoms with E-state index < -0.39 is 0 Å². The number of aromatic nitrogens is 2. The molecular formula is C18H25N3O2S. The molecule has 0 fully saturated rings. The third kappa shape index (κ3) is 5.11. The van der Waals surface area contributed by atoms with Gasteiger partial charge in [0.15, 0.2) is 5.16 Å². The molecule has 6 heteroatoms. The summed E-state index contributed by atoms with van der Waals surface area (Å²) < 4.78 is 2.00. The van der Waals surface area contributed by atoms with Crippen LogP contribution in [0.15, 0.2) is 41.8 Å². The van der Waals surface area contributed by atoms with E-state index in [-0.39, 0.29) is 17.9 Å². The summed E-state index contributed by atoms with van der Waals surface area (Å²) in [5.74, 6) is 0.295. The fourth-order valence-corrected chi connectivity index (χ4v) is 3.12. The summed E-state index contributed by atoms with van der Waals surface area (Å²) in [6, 6.07) is 8.09.